The van der Waals surface area contributed by atoms with E-state index in [1.54, 1.807) is 6.07 Å². The lowest BCUT2D eigenvalue weighted by atomic mass is 10.0. The maximum atomic E-state index is 12.8. The standard InChI is InChI=1S/C18H16ClF3N2S/c19-15-8-2-1-7-14(15)16-9-4-10-24(16)17(25)23-13-6-3-5-12(11-13)18(20,21)22/h1-3,5-8,11,16H,4,9-10H2,(H,23,25)/t16-/m0/s1. The van der Waals surface area contributed by atoms with Crippen LogP contribution in [0.1, 0.15) is 30.0 Å². The maximum absolute atomic E-state index is 12.8. The zero-order chi connectivity index (χ0) is 18.0. The average Bonchev–Trinajstić information content (AvgIpc) is 3.04. The lowest BCUT2D eigenvalue weighted by molar-refractivity contribution is -0.137. The Morgan fingerprint density at radius 3 is 2.64 bits per heavy atom. The van der Waals surface area contributed by atoms with Crippen LogP contribution in [0.15, 0.2) is 48.5 Å². The van der Waals surface area contributed by atoms with E-state index >= 15 is 0 Å². The molecule has 25 heavy (non-hydrogen) atoms. The monoisotopic (exact) mass is 384 g/mol. The van der Waals surface area contributed by atoms with Gasteiger partial charge in [-0.1, -0.05) is 35.9 Å². The Morgan fingerprint density at radius 2 is 1.92 bits per heavy atom. The van der Waals surface area contributed by atoms with Crippen LogP contribution < -0.4 is 5.32 Å². The largest absolute Gasteiger partial charge is 0.416 e. The number of halogens is 4. The fourth-order valence-electron chi connectivity index (χ4n) is 3.05. The van der Waals surface area contributed by atoms with Crippen molar-refractivity contribution in [2.45, 2.75) is 25.1 Å². The Labute approximate surface area is 154 Å². The predicted octanol–water partition coefficient (Wildman–Crippen LogP) is 5.89. The highest BCUT2D eigenvalue weighted by Gasteiger charge is 2.31. The molecular formula is C18H16ClF3N2S. The van der Waals surface area contributed by atoms with Crippen molar-refractivity contribution < 1.29 is 13.2 Å². The minimum absolute atomic E-state index is 0.0273. The summed E-state index contributed by atoms with van der Waals surface area (Å²) in [5, 5.41) is 4.00. The Balaban J connectivity index is 1.78. The third-order valence-corrected chi connectivity index (χ3v) is 4.90. The normalized spacial score (nSPS) is 17.6. The molecule has 1 aliphatic rings. The molecule has 0 unspecified atom stereocenters. The van der Waals surface area contributed by atoms with Crippen LogP contribution in [0.25, 0.3) is 0 Å². The second kappa shape index (κ2) is 7.22. The molecule has 1 atom stereocenters. The van der Waals surface area contributed by atoms with Crippen LogP contribution in [-0.2, 0) is 6.18 Å². The van der Waals surface area contributed by atoms with Crippen molar-refractivity contribution in [3.63, 3.8) is 0 Å². The number of hydrogen-bond donors (Lipinski definition) is 1. The minimum atomic E-state index is -4.38. The molecule has 0 spiro atoms. The van der Waals surface area contributed by atoms with Gasteiger partial charge in [-0.2, -0.15) is 13.2 Å². The molecule has 0 aromatic heterocycles. The molecule has 1 heterocycles. The molecule has 2 nitrogen and oxygen atoms in total. The van der Waals surface area contributed by atoms with Crippen LogP contribution in [-0.4, -0.2) is 16.6 Å². The fraction of sp³-hybridized carbons (Fsp3) is 0.278. The van der Waals surface area contributed by atoms with Crippen molar-refractivity contribution in [3.8, 4) is 0 Å². The Hall–Kier alpha value is -1.79. The Kier molecular flexibility index (Phi) is 5.20. The average molecular weight is 385 g/mol. The van der Waals surface area contributed by atoms with Crippen LogP contribution in [0.2, 0.25) is 5.02 Å². The quantitative estimate of drug-likeness (QED) is 0.649. The van der Waals surface area contributed by atoms with Gasteiger partial charge in [0.15, 0.2) is 5.11 Å². The van der Waals surface area contributed by atoms with E-state index in [-0.39, 0.29) is 6.04 Å². The molecule has 2 aromatic rings. The van der Waals surface area contributed by atoms with Crippen molar-refractivity contribution in [1.29, 1.82) is 0 Å². The SMILES string of the molecule is FC(F)(F)c1cccc(NC(=S)N2CCC[C@H]2c2ccccc2Cl)c1. The highest BCUT2D eigenvalue weighted by atomic mass is 35.5. The van der Waals surface area contributed by atoms with Gasteiger partial charge in [-0.25, -0.2) is 0 Å². The van der Waals surface area contributed by atoms with E-state index < -0.39 is 11.7 Å². The van der Waals surface area contributed by atoms with Crippen molar-refractivity contribution in [2.75, 3.05) is 11.9 Å². The van der Waals surface area contributed by atoms with Gasteiger partial charge in [0, 0.05) is 17.3 Å². The number of thiocarbonyl (C=S) groups is 1. The second-order valence-corrected chi connectivity index (χ2v) is 6.68. The highest BCUT2D eigenvalue weighted by molar-refractivity contribution is 7.80. The molecule has 0 radical (unpaired) electrons. The van der Waals surface area contributed by atoms with Gasteiger partial charge in [0.05, 0.1) is 11.6 Å². The molecule has 2 aromatic carbocycles. The summed E-state index contributed by atoms with van der Waals surface area (Å²) in [7, 11) is 0. The molecule has 3 rings (SSSR count). The maximum Gasteiger partial charge on any atom is 0.416 e. The first kappa shape index (κ1) is 18.0. The molecule has 0 amide bonds. The van der Waals surface area contributed by atoms with Crippen LogP contribution >= 0.6 is 23.8 Å². The van der Waals surface area contributed by atoms with Gasteiger partial charge in [0.25, 0.3) is 0 Å². The first-order valence-corrected chi connectivity index (χ1v) is 8.64. The molecule has 132 valence electrons. The van der Waals surface area contributed by atoms with Crippen LogP contribution in [0.4, 0.5) is 18.9 Å². The van der Waals surface area contributed by atoms with Gasteiger partial charge >= 0.3 is 6.18 Å². The second-order valence-electron chi connectivity index (χ2n) is 5.88. The van der Waals surface area contributed by atoms with Gasteiger partial charge in [-0.15, -0.1) is 0 Å². The molecular weight excluding hydrogens is 369 g/mol. The van der Waals surface area contributed by atoms with E-state index in [2.05, 4.69) is 5.32 Å². The third-order valence-electron chi connectivity index (χ3n) is 4.22. The van der Waals surface area contributed by atoms with Gasteiger partial charge in [-0.3, -0.25) is 0 Å². The zero-order valence-electron chi connectivity index (χ0n) is 13.2. The van der Waals surface area contributed by atoms with Crippen LogP contribution in [0, 0.1) is 0 Å². The molecule has 0 saturated carbocycles. The van der Waals surface area contributed by atoms with Crippen molar-refractivity contribution >= 4 is 34.6 Å². The number of likely N-dealkylation sites (tertiary alicyclic amines) is 1. The number of rotatable bonds is 2. The summed E-state index contributed by atoms with van der Waals surface area (Å²) in [5.74, 6) is 0. The first-order chi connectivity index (χ1) is 11.9. The summed E-state index contributed by atoms with van der Waals surface area (Å²) in [6.07, 6.45) is -2.54. The van der Waals surface area contributed by atoms with E-state index in [9.17, 15) is 13.2 Å². The number of nitrogens with one attached hydrogen (secondary N) is 1. The zero-order valence-corrected chi connectivity index (χ0v) is 14.8. The molecule has 0 aliphatic carbocycles. The third kappa shape index (κ3) is 4.07. The van der Waals surface area contributed by atoms with Crippen molar-refractivity contribution in [2.24, 2.45) is 0 Å². The first-order valence-electron chi connectivity index (χ1n) is 7.85. The van der Waals surface area contributed by atoms with Gasteiger partial charge in [0.1, 0.15) is 0 Å². The number of benzene rings is 2. The van der Waals surface area contributed by atoms with Crippen molar-refractivity contribution in [1.82, 2.24) is 4.90 Å². The van der Waals surface area contributed by atoms with Gasteiger partial charge in [-0.05, 0) is 54.9 Å². The molecule has 1 aliphatic heterocycles. The van der Waals surface area contributed by atoms with Crippen LogP contribution in [0.5, 0.6) is 0 Å². The number of anilines is 1. The number of nitrogens with zero attached hydrogens (tertiary/aromatic N) is 1. The van der Waals surface area contributed by atoms with Gasteiger partial charge in [0.2, 0.25) is 0 Å². The van der Waals surface area contributed by atoms with E-state index in [0.717, 1.165) is 37.1 Å². The van der Waals surface area contributed by atoms with E-state index in [0.29, 0.717) is 15.8 Å². The van der Waals surface area contributed by atoms with E-state index in [1.165, 1.54) is 6.07 Å². The Bertz CT molecular complexity index is 779. The summed E-state index contributed by atoms with van der Waals surface area (Å²) in [6.45, 7) is 0.737. The summed E-state index contributed by atoms with van der Waals surface area (Å²) >= 11 is 11.7. The minimum Gasteiger partial charge on any atom is -0.342 e. The highest BCUT2D eigenvalue weighted by Crippen LogP contribution is 2.36. The predicted molar refractivity (Wildman–Crippen MR) is 97.8 cm³/mol. The Morgan fingerprint density at radius 1 is 1.16 bits per heavy atom. The van der Waals surface area contributed by atoms with E-state index in [1.807, 2.05) is 29.2 Å². The fourth-order valence-corrected chi connectivity index (χ4v) is 3.65. The van der Waals surface area contributed by atoms with E-state index in [4.69, 9.17) is 23.8 Å². The topological polar surface area (TPSA) is 15.3 Å². The number of alkyl halides is 3. The molecule has 1 fully saturated rings. The lowest BCUT2D eigenvalue weighted by Gasteiger charge is -2.28. The van der Waals surface area contributed by atoms with Gasteiger partial charge < -0.3 is 10.2 Å². The summed E-state index contributed by atoms with van der Waals surface area (Å²) in [6, 6.07) is 12.6. The summed E-state index contributed by atoms with van der Waals surface area (Å²) in [5.41, 5.74) is 0.601. The lowest BCUT2D eigenvalue weighted by Crippen LogP contribution is -2.34. The molecule has 1 saturated heterocycles. The summed E-state index contributed by atoms with van der Waals surface area (Å²) < 4.78 is 38.5. The smallest absolute Gasteiger partial charge is 0.342 e. The van der Waals surface area contributed by atoms with Crippen LogP contribution in [0.3, 0.4) is 0 Å². The summed E-state index contributed by atoms with van der Waals surface area (Å²) in [4.78, 5) is 1.98. The molecule has 1 N–H and O–H groups in total. The number of hydrogen-bond acceptors (Lipinski definition) is 1. The molecule has 7 heteroatoms. The van der Waals surface area contributed by atoms with Crippen molar-refractivity contribution in [3.05, 3.63) is 64.7 Å². The molecule has 0 bridgehead atoms.